The summed E-state index contributed by atoms with van der Waals surface area (Å²) >= 11 is 0. The second kappa shape index (κ2) is 7.29. The minimum atomic E-state index is -0.407. The van der Waals surface area contributed by atoms with E-state index in [0.717, 1.165) is 12.8 Å². The molecule has 1 amide bonds. The van der Waals surface area contributed by atoms with E-state index < -0.39 is 6.04 Å². The van der Waals surface area contributed by atoms with Gasteiger partial charge < -0.3 is 11.1 Å². The first-order valence-electron chi connectivity index (χ1n) is 7.08. The minimum absolute atomic E-state index is 0.0246. The maximum absolute atomic E-state index is 12.1. The highest BCUT2D eigenvalue weighted by molar-refractivity contribution is 5.81. The molecule has 1 aromatic carbocycles. The SMILES string of the molecule is CCCC(N)C(=O)NC(c1ccccc1C)C(C)C. The Morgan fingerprint density at radius 3 is 2.47 bits per heavy atom. The highest BCUT2D eigenvalue weighted by atomic mass is 16.2. The fourth-order valence-corrected chi connectivity index (χ4v) is 2.24. The number of rotatable bonds is 6. The Morgan fingerprint density at radius 2 is 1.95 bits per heavy atom. The van der Waals surface area contributed by atoms with Gasteiger partial charge in [-0.3, -0.25) is 4.79 Å². The van der Waals surface area contributed by atoms with E-state index in [4.69, 9.17) is 5.73 Å². The molecule has 1 rings (SSSR count). The van der Waals surface area contributed by atoms with E-state index in [1.165, 1.54) is 11.1 Å². The van der Waals surface area contributed by atoms with Gasteiger partial charge in [0.1, 0.15) is 0 Å². The summed E-state index contributed by atoms with van der Waals surface area (Å²) in [5.74, 6) is 0.280. The Balaban J connectivity index is 2.86. The topological polar surface area (TPSA) is 55.1 Å². The number of hydrogen-bond acceptors (Lipinski definition) is 2. The highest BCUT2D eigenvalue weighted by Gasteiger charge is 2.22. The number of nitrogens with one attached hydrogen (secondary N) is 1. The molecule has 0 aliphatic heterocycles. The van der Waals surface area contributed by atoms with Gasteiger partial charge in [-0.15, -0.1) is 0 Å². The van der Waals surface area contributed by atoms with Crippen LogP contribution in [0.25, 0.3) is 0 Å². The third kappa shape index (κ3) is 4.35. The molecule has 2 unspecified atom stereocenters. The number of benzene rings is 1. The molecule has 3 nitrogen and oxygen atoms in total. The molecule has 106 valence electrons. The number of amides is 1. The van der Waals surface area contributed by atoms with Gasteiger partial charge in [0.05, 0.1) is 12.1 Å². The van der Waals surface area contributed by atoms with E-state index in [-0.39, 0.29) is 11.9 Å². The van der Waals surface area contributed by atoms with Crippen molar-refractivity contribution in [3.63, 3.8) is 0 Å². The van der Waals surface area contributed by atoms with Gasteiger partial charge in [0.25, 0.3) is 0 Å². The van der Waals surface area contributed by atoms with Gasteiger partial charge in [-0.05, 0) is 30.4 Å². The van der Waals surface area contributed by atoms with E-state index in [2.05, 4.69) is 38.2 Å². The summed E-state index contributed by atoms with van der Waals surface area (Å²) in [6.07, 6.45) is 1.65. The minimum Gasteiger partial charge on any atom is -0.348 e. The average Bonchev–Trinajstić information content (AvgIpc) is 2.36. The Bertz CT molecular complexity index is 415. The summed E-state index contributed by atoms with van der Waals surface area (Å²) in [4.78, 5) is 12.1. The first-order valence-corrected chi connectivity index (χ1v) is 7.08. The van der Waals surface area contributed by atoms with Crippen LogP contribution in [0.3, 0.4) is 0 Å². The zero-order valence-corrected chi connectivity index (χ0v) is 12.4. The van der Waals surface area contributed by atoms with Crippen LogP contribution in [-0.4, -0.2) is 11.9 Å². The van der Waals surface area contributed by atoms with Crippen molar-refractivity contribution in [2.45, 2.75) is 52.6 Å². The first kappa shape index (κ1) is 15.7. The first-order chi connectivity index (χ1) is 8.97. The average molecular weight is 262 g/mol. The van der Waals surface area contributed by atoms with Crippen molar-refractivity contribution < 1.29 is 4.79 Å². The lowest BCUT2D eigenvalue weighted by molar-refractivity contribution is -0.123. The second-order valence-corrected chi connectivity index (χ2v) is 5.48. The standard InChI is InChI=1S/C16H26N2O/c1-5-8-14(17)16(19)18-15(11(2)3)13-10-7-6-9-12(13)4/h6-7,9-11,14-15H,5,8,17H2,1-4H3,(H,18,19). The summed E-state index contributed by atoms with van der Waals surface area (Å²) < 4.78 is 0. The fourth-order valence-electron chi connectivity index (χ4n) is 2.24. The van der Waals surface area contributed by atoms with Crippen LogP contribution in [-0.2, 0) is 4.79 Å². The van der Waals surface area contributed by atoms with E-state index in [1.54, 1.807) is 0 Å². The zero-order valence-electron chi connectivity index (χ0n) is 12.4. The normalized spacial score (nSPS) is 14.2. The molecule has 0 fully saturated rings. The van der Waals surface area contributed by atoms with E-state index >= 15 is 0 Å². The van der Waals surface area contributed by atoms with Crippen LogP contribution in [0.15, 0.2) is 24.3 Å². The summed E-state index contributed by atoms with van der Waals surface area (Å²) in [6, 6.07) is 7.79. The van der Waals surface area contributed by atoms with Gasteiger partial charge in [0.2, 0.25) is 5.91 Å². The molecule has 0 aromatic heterocycles. The molecular formula is C16H26N2O. The third-order valence-corrected chi connectivity index (χ3v) is 3.42. The smallest absolute Gasteiger partial charge is 0.237 e. The van der Waals surface area contributed by atoms with Crippen molar-refractivity contribution in [3.05, 3.63) is 35.4 Å². The molecule has 19 heavy (non-hydrogen) atoms. The zero-order chi connectivity index (χ0) is 14.4. The Hall–Kier alpha value is -1.35. The molecule has 0 aliphatic carbocycles. The van der Waals surface area contributed by atoms with Gasteiger partial charge in [-0.2, -0.15) is 0 Å². The van der Waals surface area contributed by atoms with Crippen LogP contribution in [0.5, 0.6) is 0 Å². The van der Waals surface area contributed by atoms with E-state index in [1.807, 2.05) is 19.1 Å². The van der Waals surface area contributed by atoms with Crippen molar-refractivity contribution in [1.82, 2.24) is 5.32 Å². The van der Waals surface area contributed by atoms with Crippen molar-refractivity contribution in [2.24, 2.45) is 11.7 Å². The van der Waals surface area contributed by atoms with Crippen LogP contribution in [0.4, 0.5) is 0 Å². The monoisotopic (exact) mass is 262 g/mol. The van der Waals surface area contributed by atoms with Gasteiger partial charge in [-0.1, -0.05) is 51.5 Å². The number of carbonyl (C=O) groups is 1. The summed E-state index contributed by atoms with van der Waals surface area (Å²) in [5, 5.41) is 3.09. The Morgan fingerprint density at radius 1 is 1.32 bits per heavy atom. The molecule has 0 aliphatic rings. The molecule has 0 spiro atoms. The van der Waals surface area contributed by atoms with Gasteiger partial charge in [0, 0.05) is 0 Å². The van der Waals surface area contributed by atoms with Crippen LogP contribution < -0.4 is 11.1 Å². The largest absolute Gasteiger partial charge is 0.348 e. The second-order valence-electron chi connectivity index (χ2n) is 5.48. The number of aryl methyl sites for hydroxylation is 1. The molecule has 0 heterocycles. The van der Waals surface area contributed by atoms with Crippen molar-refractivity contribution in [3.8, 4) is 0 Å². The van der Waals surface area contributed by atoms with Crippen LogP contribution >= 0.6 is 0 Å². The molecule has 0 saturated heterocycles. The van der Waals surface area contributed by atoms with Crippen LogP contribution in [0.1, 0.15) is 50.8 Å². The fraction of sp³-hybridized carbons (Fsp3) is 0.562. The van der Waals surface area contributed by atoms with Crippen LogP contribution in [0, 0.1) is 12.8 Å². The Kier molecular flexibility index (Phi) is 6.03. The predicted octanol–water partition coefficient (Wildman–Crippen LogP) is 2.94. The lowest BCUT2D eigenvalue weighted by Gasteiger charge is -2.26. The number of carbonyl (C=O) groups excluding carboxylic acids is 1. The summed E-state index contributed by atoms with van der Waals surface area (Å²) in [5.41, 5.74) is 8.26. The van der Waals surface area contributed by atoms with Crippen LogP contribution in [0.2, 0.25) is 0 Å². The molecule has 1 aromatic rings. The maximum atomic E-state index is 12.1. The summed E-state index contributed by atoms with van der Waals surface area (Å²) in [6.45, 7) is 8.34. The highest BCUT2D eigenvalue weighted by Crippen LogP contribution is 2.24. The summed E-state index contributed by atoms with van der Waals surface area (Å²) in [7, 11) is 0. The molecular weight excluding hydrogens is 236 g/mol. The van der Waals surface area contributed by atoms with Crippen molar-refractivity contribution in [2.75, 3.05) is 0 Å². The van der Waals surface area contributed by atoms with E-state index in [9.17, 15) is 4.79 Å². The molecule has 0 saturated carbocycles. The van der Waals surface area contributed by atoms with Gasteiger partial charge in [-0.25, -0.2) is 0 Å². The van der Waals surface area contributed by atoms with Gasteiger partial charge >= 0.3 is 0 Å². The molecule has 0 bridgehead atoms. The molecule has 3 heteroatoms. The molecule has 2 atom stereocenters. The van der Waals surface area contributed by atoms with E-state index in [0.29, 0.717) is 5.92 Å². The third-order valence-electron chi connectivity index (χ3n) is 3.42. The predicted molar refractivity (Wildman–Crippen MR) is 79.8 cm³/mol. The molecule has 0 radical (unpaired) electrons. The van der Waals surface area contributed by atoms with Gasteiger partial charge in [0.15, 0.2) is 0 Å². The van der Waals surface area contributed by atoms with Crippen molar-refractivity contribution in [1.29, 1.82) is 0 Å². The Labute approximate surface area is 116 Å². The number of nitrogens with two attached hydrogens (primary N) is 1. The van der Waals surface area contributed by atoms with Crippen molar-refractivity contribution >= 4 is 5.91 Å². The molecule has 3 N–H and O–H groups in total. The quantitative estimate of drug-likeness (QED) is 0.828. The lowest BCUT2D eigenvalue weighted by Crippen LogP contribution is -2.43. The number of hydrogen-bond donors (Lipinski definition) is 2. The maximum Gasteiger partial charge on any atom is 0.237 e. The lowest BCUT2D eigenvalue weighted by atomic mass is 9.92.